The normalized spacial score (nSPS) is 11.8. The number of hydrogen-bond acceptors (Lipinski definition) is 3. The highest BCUT2D eigenvalue weighted by Crippen LogP contribution is 2.37. The molecule has 21 heavy (non-hydrogen) atoms. The predicted molar refractivity (Wildman–Crippen MR) is 75.8 cm³/mol. The largest absolute Gasteiger partial charge is 0.336 e. The van der Waals surface area contributed by atoms with Gasteiger partial charge in [0.25, 0.3) is 12.3 Å². The standard InChI is InChI=1S/C10H9Cl3F2N2O3S/c1-17(3-6(14)15)10(18)7-8(12)4(11)2-5(9(7)13)21(16,19)20/h2,6H,3H2,1H3,(H2,16,19,20). The zero-order valence-corrected chi connectivity index (χ0v) is 13.5. The molecule has 0 aliphatic carbocycles. The fourth-order valence-electron chi connectivity index (χ4n) is 1.46. The number of primary sulfonamides is 1. The van der Waals surface area contributed by atoms with Crippen LogP contribution >= 0.6 is 34.8 Å². The number of nitrogens with two attached hydrogens (primary N) is 1. The van der Waals surface area contributed by atoms with Gasteiger partial charge in [0, 0.05) is 7.05 Å². The Morgan fingerprint density at radius 3 is 2.29 bits per heavy atom. The van der Waals surface area contributed by atoms with E-state index in [1.165, 1.54) is 0 Å². The van der Waals surface area contributed by atoms with Gasteiger partial charge in [0.1, 0.15) is 4.90 Å². The van der Waals surface area contributed by atoms with Crippen molar-refractivity contribution in [2.45, 2.75) is 11.3 Å². The number of carbonyl (C=O) groups excluding carboxylic acids is 1. The molecular weight excluding hydrogens is 373 g/mol. The van der Waals surface area contributed by atoms with Crippen molar-refractivity contribution in [2.24, 2.45) is 5.14 Å². The maximum atomic E-state index is 12.3. The lowest BCUT2D eigenvalue weighted by molar-refractivity contribution is 0.0620. The van der Waals surface area contributed by atoms with E-state index in [0.717, 1.165) is 13.1 Å². The highest BCUT2D eigenvalue weighted by molar-refractivity contribution is 7.89. The molecule has 1 rings (SSSR count). The van der Waals surface area contributed by atoms with E-state index in [1.54, 1.807) is 0 Å². The third-order valence-corrected chi connectivity index (χ3v) is 4.63. The average Bonchev–Trinajstić information content (AvgIpc) is 2.31. The summed E-state index contributed by atoms with van der Waals surface area (Å²) in [6.45, 7) is -0.886. The van der Waals surface area contributed by atoms with E-state index in [4.69, 9.17) is 39.9 Å². The minimum absolute atomic E-state index is 0.293. The van der Waals surface area contributed by atoms with Crippen LogP contribution in [0.25, 0.3) is 0 Å². The van der Waals surface area contributed by atoms with Gasteiger partial charge < -0.3 is 4.90 Å². The summed E-state index contributed by atoms with van der Waals surface area (Å²) in [6, 6.07) is 0.880. The smallest absolute Gasteiger partial charge is 0.256 e. The van der Waals surface area contributed by atoms with Crippen molar-refractivity contribution >= 4 is 50.7 Å². The molecule has 118 valence electrons. The third-order valence-electron chi connectivity index (χ3n) is 2.40. The number of alkyl halides is 2. The minimum atomic E-state index is -4.27. The Kier molecular flexibility index (Phi) is 5.79. The molecule has 0 atom stereocenters. The van der Waals surface area contributed by atoms with Crippen LogP contribution in [0.15, 0.2) is 11.0 Å². The van der Waals surface area contributed by atoms with Gasteiger partial charge in [-0.3, -0.25) is 4.79 Å². The predicted octanol–water partition coefficient (Wildman–Crippen LogP) is 2.63. The number of nitrogens with zero attached hydrogens (tertiary/aromatic N) is 1. The van der Waals surface area contributed by atoms with Crippen molar-refractivity contribution in [1.82, 2.24) is 4.90 Å². The molecule has 0 saturated carbocycles. The van der Waals surface area contributed by atoms with Gasteiger partial charge in [-0.25, -0.2) is 22.3 Å². The third kappa shape index (κ3) is 4.17. The number of rotatable bonds is 4. The van der Waals surface area contributed by atoms with Crippen LogP contribution in [0.2, 0.25) is 15.1 Å². The summed E-state index contributed by atoms with van der Waals surface area (Å²) < 4.78 is 47.4. The number of hydrogen-bond donors (Lipinski definition) is 1. The molecule has 0 saturated heterocycles. The molecule has 2 N–H and O–H groups in total. The molecule has 0 aliphatic rings. The summed E-state index contributed by atoms with van der Waals surface area (Å²) in [6.07, 6.45) is -2.78. The number of amides is 1. The van der Waals surface area contributed by atoms with Gasteiger partial charge >= 0.3 is 0 Å². The van der Waals surface area contributed by atoms with Gasteiger partial charge in [0.2, 0.25) is 10.0 Å². The lowest BCUT2D eigenvalue weighted by Gasteiger charge is -2.19. The molecule has 1 aromatic carbocycles. The molecule has 1 aromatic rings. The van der Waals surface area contributed by atoms with Crippen molar-refractivity contribution in [2.75, 3.05) is 13.6 Å². The summed E-state index contributed by atoms with van der Waals surface area (Å²) in [5.74, 6) is -1.00. The van der Waals surface area contributed by atoms with Gasteiger partial charge in [-0.1, -0.05) is 34.8 Å². The molecule has 0 bridgehead atoms. The quantitative estimate of drug-likeness (QED) is 0.814. The van der Waals surface area contributed by atoms with Gasteiger partial charge in [0.15, 0.2) is 0 Å². The van der Waals surface area contributed by atoms with Crippen molar-refractivity contribution in [1.29, 1.82) is 0 Å². The zero-order valence-electron chi connectivity index (χ0n) is 10.4. The maximum Gasteiger partial charge on any atom is 0.256 e. The molecule has 0 aromatic heterocycles. The summed E-state index contributed by atoms with van der Waals surface area (Å²) in [5.41, 5.74) is -0.502. The topological polar surface area (TPSA) is 80.5 Å². The van der Waals surface area contributed by atoms with Crippen molar-refractivity contribution < 1.29 is 22.0 Å². The first kappa shape index (κ1) is 18.4. The fourth-order valence-corrected chi connectivity index (χ4v) is 3.19. The summed E-state index contributed by atoms with van der Waals surface area (Å²) >= 11 is 17.3. The molecule has 0 radical (unpaired) electrons. The SMILES string of the molecule is CN(CC(F)F)C(=O)c1c(Cl)c(Cl)cc(S(N)(=O)=O)c1Cl. The van der Waals surface area contributed by atoms with Crippen molar-refractivity contribution in [3.63, 3.8) is 0 Å². The first-order valence-electron chi connectivity index (χ1n) is 5.20. The van der Waals surface area contributed by atoms with Crippen LogP contribution in [-0.4, -0.2) is 39.2 Å². The minimum Gasteiger partial charge on any atom is -0.336 e. The number of sulfonamides is 1. The molecule has 0 heterocycles. The molecule has 5 nitrogen and oxygen atoms in total. The highest BCUT2D eigenvalue weighted by atomic mass is 35.5. The van der Waals surface area contributed by atoms with Crippen molar-refractivity contribution in [3.8, 4) is 0 Å². The first-order chi connectivity index (χ1) is 9.46. The highest BCUT2D eigenvalue weighted by Gasteiger charge is 2.28. The summed E-state index contributed by atoms with van der Waals surface area (Å²) in [4.78, 5) is 12.1. The summed E-state index contributed by atoms with van der Waals surface area (Å²) in [5, 5.41) is 3.73. The van der Waals surface area contributed by atoms with Crippen LogP contribution < -0.4 is 5.14 Å². The van der Waals surface area contributed by atoms with E-state index < -0.39 is 44.4 Å². The van der Waals surface area contributed by atoms with E-state index >= 15 is 0 Å². The second-order valence-corrected chi connectivity index (χ2v) is 6.67. The average molecular weight is 382 g/mol. The molecule has 1 amide bonds. The molecule has 0 fully saturated rings. The lowest BCUT2D eigenvalue weighted by Crippen LogP contribution is -2.32. The first-order valence-corrected chi connectivity index (χ1v) is 7.88. The number of carbonyl (C=O) groups is 1. The van der Waals surface area contributed by atoms with E-state index in [-0.39, 0.29) is 10.0 Å². The Hall–Kier alpha value is -0.670. The second kappa shape index (κ2) is 6.62. The Balaban J connectivity index is 3.49. The molecule has 0 unspecified atom stereocenters. The monoisotopic (exact) mass is 380 g/mol. The molecule has 0 aliphatic heterocycles. The fraction of sp³-hybridized carbons (Fsp3) is 0.300. The summed E-state index contributed by atoms with van der Waals surface area (Å²) in [7, 11) is -3.19. The van der Waals surface area contributed by atoms with Crippen LogP contribution in [0.4, 0.5) is 8.78 Å². The van der Waals surface area contributed by atoms with Crippen molar-refractivity contribution in [3.05, 3.63) is 26.7 Å². The van der Waals surface area contributed by atoms with E-state index in [2.05, 4.69) is 0 Å². The zero-order chi connectivity index (χ0) is 16.5. The van der Waals surface area contributed by atoms with E-state index in [9.17, 15) is 22.0 Å². The Morgan fingerprint density at radius 1 is 1.33 bits per heavy atom. The van der Waals surface area contributed by atoms with Crippen LogP contribution in [0, 0.1) is 0 Å². The van der Waals surface area contributed by atoms with Gasteiger partial charge in [-0.15, -0.1) is 0 Å². The van der Waals surface area contributed by atoms with E-state index in [0.29, 0.717) is 4.90 Å². The van der Waals surface area contributed by atoms with Crippen LogP contribution in [0.5, 0.6) is 0 Å². The Labute approximate surface area is 134 Å². The number of halogens is 5. The molecule has 0 spiro atoms. The molecular formula is C10H9Cl3F2N2O3S. The Bertz CT molecular complexity index is 683. The lowest BCUT2D eigenvalue weighted by atomic mass is 10.2. The second-order valence-electron chi connectivity index (χ2n) is 3.98. The number of benzene rings is 1. The van der Waals surface area contributed by atoms with Gasteiger partial charge in [-0.05, 0) is 6.07 Å². The van der Waals surface area contributed by atoms with Gasteiger partial charge in [0.05, 0.1) is 27.2 Å². The van der Waals surface area contributed by atoms with Crippen LogP contribution in [-0.2, 0) is 10.0 Å². The van der Waals surface area contributed by atoms with Crippen LogP contribution in [0.1, 0.15) is 10.4 Å². The maximum absolute atomic E-state index is 12.3. The molecule has 11 heteroatoms. The van der Waals surface area contributed by atoms with E-state index in [1.807, 2.05) is 0 Å². The van der Waals surface area contributed by atoms with Crippen LogP contribution in [0.3, 0.4) is 0 Å². The van der Waals surface area contributed by atoms with Gasteiger partial charge in [-0.2, -0.15) is 0 Å². The Morgan fingerprint density at radius 2 is 1.86 bits per heavy atom.